The zero-order valence-electron chi connectivity index (χ0n) is 16.3. The van der Waals surface area contributed by atoms with Crippen molar-refractivity contribution in [1.82, 2.24) is 15.0 Å². The first-order chi connectivity index (χ1) is 15.0. The van der Waals surface area contributed by atoms with E-state index in [9.17, 15) is 4.79 Å². The standard InChI is InChI=1S/C21H16Cl2N4OS3/c1-10(30-19-17-12-3-2-4-16(12)31-20(17)25-9-24-19)18(28)27-21-26-15(8-29-21)11-5-6-13(22)14(23)7-11/h5-10H,2-4H2,1H3,(H,26,27,28)/t10-/m0/s1. The highest BCUT2D eigenvalue weighted by molar-refractivity contribution is 8.00. The molecule has 5 rings (SSSR count). The Morgan fingerprint density at radius 2 is 2.10 bits per heavy atom. The van der Waals surface area contributed by atoms with Crippen molar-refractivity contribution in [2.45, 2.75) is 36.5 Å². The van der Waals surface area contributed by atoms with Crippen LogP contribution in [0.3, 0.4) is 0 Å². The van der Waals surface area contributed by atoms with Crippen LogP contribution in [0.15, 0.2) is 34.9 Å². The van der Waals surface area contributed by atoms with Gasteiger partial charge in [0.15, 0.2) is 5.13 Å². The maximum atomic E-state index is 12.8. The lowest BCUT2D eigenvalue weighted by Crippen LogP contribution is -2.22. The molecule has 0 aliphatic heterocycles. The number of hydrogen-bond acceptors (Lipinski definition) is 7. The predicted molar refractivity (Wildman–Crippen MR) is 131 cm³/mol. The topological polar surface area (TPSA) is 67.8 Å². The van der Waals surface area contributed by atoms with E-state index in [0.29, 0.717) is 15.2 Å². The van der Waals surface area contributed by atoms with Crippen LogP contribution in [0.5, 0.6) is 0 Å². The van der Waals surface area contributed by atoms with Crippen molar-refractivity contribution < 1.29 is 4.79 Å². The quantitative estimate of drug-likeness (QED) is 0.240. The lowest BCUT2D eigenvalue weighted by Gasteiger charge is -2.11. The summed E-state index contributed by atoms with van der Waals surface area (Å²) in [4.78, 5) is 28.7. The third-order valence-corrected chi connectivity index (χ3v) is 8.87. The highest BCUT2D eigenvalue weighted by Crippen LogP contribution is 2.41. The molecule has 3 aromatic heterocycles. The van der Waals surface area contributed by atoms with Gasteiger partial charge >= 0.3 is 0 Å². The van der Waals surface area contributed by atoms with E-state index in [1.807, 2.05) is 18.4 Å². The highest BCUT2D eigenvalue weighted by Gasteiger charge is 2.24. The summed E-state index contributed by atoms with van der Waals surface area (Å²) in [7, 11) is 0. The number of nitrogens with one attached hydrogen (secondary N) is 1. The van der Waals surface area contributed by atoms with Gasteiger partial charge in [0.2, 0.25) is 5.91 Å². The van der Waals surface area contributed by atoms with Crippen LogP contribution in [-0.2, 0) is 17.6 Å². The number of aryl methyl sites for hydroxylation is 2. The molecule has 31 heavy (non-hydrogen) atoms. The number of amides is 1. The zero-order valence-corrected chi connectivity index (χ0v) is 20.3. The summed E-state index contributed by atoms with van der Waals surface area (Å²) in [5.41, 5.74) is 2.95. The normalized spacial score (nSPS) is 14.0. The van der Waals surface area contributed by atoms with Crippen LogP contribution in [0.25, 0.3) is 21.5 Å². The summed E-state index contributed by atoms with van der Waals surface area (Å²) in [6.45, 7) is 1.88. The molecule has 1 aromatic carbocycles. The Balaban J connectivity index is 1.31. The van der Waals surface area contributed by atoms with Gasteiger partial charge in [-0.3, -0.25) is 4.79 Å². The number of anilines is 1. The lowest BCUT2D eigenvalue weighted by atomic mass is 10.2. The molecule has 1 aliphatic rings. The molecule has 5 nitrogen and oxygen atoms in total. The van der Waals surface area contributed by atoms with Crippen molar-refractivity contribution in [3.05, 3.63) is 50.4 Å². The molecular formula is C21H16Cl2N4OS3. The summed E-state index contributed by atoms with van der Waals surface area (Å²) in [5.74, 6) is -0.112. The first-order valence-corrected chi connectivity index (χ1v) is 13.0. The number of carbonyl (C=O) groups excluding carboxylic acids is 1. The average Bonchev–Trinajstić information content (AvgIpc) is 3.46. The lowest BCUT2D eigenvalue weighted by molar-refractivity contribution is -0.115. The minimum absolute atomic E-state index is 0.112. The van der Waals surface area contributed by atoms with Gasteiger partial charge in [-0.05, 0) is 43.9 Å². The molecule has 0 spiro atoms. The number of thioether (sulfide) groups is 1. The van der Waals surface area contributed by atoms with Crippen LogP contribution in [0.2, 0.25) is 10.0 Å². The van der Waals surface area contributed by atoms with Gasteiger partial charge in [0.1, 0.15) is 16.2 Å². The molecule has 158 valence electrons. The molecule has 10 heteroatoms. The fourth-order valence-electron chi connectivity index (χ4n) is 3.54. The van der Waals surface area contributed by atoms with Crippen LogP contribution in [0.1, 0.15) is 23.8 Å². The molecule has 0 bridgehead atoms. The molecule has 1 aliphatic carbocycles. The molecule has 1 atom stereocenters. The maximum Gasteiger partial charge on any atom is 0.239 e. The van der Waals surface area contributed by atoms with Crippen LogP contribution in [0, 0.1) is 0 Å². The number of carbonyl (C=O) groups is 1. The van der Waals surface area contributed by atoms with E-state index < -0.39 is 0 Å². The largest absolute Gasteiger partial charge is 0.301 e. The van der Waals surface area contributed by atoms with E-state index in [0.717, 1.165) is 39.3 Å². The predicted octanol–water partition coefficient (Wildman–Crippen LogP) is 6.73. The number of aromatic nitrogens is 3. The summed E-state index contributed by atoms with van der Waals surface area (Å²) in [6.07, 6.45) is 4.94. The van der Waals surface area contributed by atoms with Gasteiger partial charge in [-0.1, -0.05) is 41.0 Å². The number of thiophene rings is 1. The molecule has 3 heterocycles. The van der Waals surface area contributed by atoms with E-state index in [2.05, 4.69) is 20.3 Å². The number of thiazole rings is 1. The number of rotatable bonds is 5. The number of nitrogens with zero attached hydrogens (tertiary/aromatic N) is 3. The van der Waals surface area contributed by atoms with Gasteiger partial charge in [0.05, 0.1) is 21.0 Å². The van der Waals surface area contributed by atoms with Crippen LogP contribution in [0.4, 0.5) is 5.13 Å². The summed E-state index contributed by atoms with van der Waals surface area (Å²) in [5, 5.41) is 7.99. The fourth-order valence-corrected chi connectivity index (χ4v) is 6.80. The number of benzene rings is 1. The van der Waals surface area contributed by atoms with Crippen molar-refractivity contribution >= 4 is 78.9 Å². The Bertz CT molecular complexity index is 1300. The average molecular weight is 507 g/mol. The molecule has 0 saturated carbocycles. The second kappa shape index (κ2) is 8.67. The Labute approximate surface area is 201 Å². The molecule has 0 unspecified atom stereocenters. The van der Waals surface area contributed by atoms with E-state index in [-0.39, 0.29) is 11.2 Å². The Morgan fingerprint density at radius 1 is 1.23 bits per heavy atom. The van der Waals surface area contributed by atoms with Crippen LogP contribution >= 0.6 is 57.6 Å². The fraction of sp³-hybridized carbons (Fsp3) is 0.238. The smallest absolute Gasteiger partial charge is 0.239 e. The maximum absolute atomic E-state index is 12.8. The third-order valence-electron chi connectivity index (χ3n) is 5.07. The highest BCUT2D eigenvalue weighted by atomic mass is 35.5. The molecular weight excluding hydrogens is 491 g/mol. The number of fused-ring (bicyclic) bond motifs is 3. The van der Waals surface area contributed by atoms with Crippen molar-refractivity contribution in [1.29, 1.82) is 0 Å². The van der Waals surface area contributed by atoms with E-state index >= 15 is 0 Å². The minimum Gasteiger partial charge on any atom is -0.301 e. The second-order valence-corrected chi connectivity index (χ2v) is 11.2. The molecule has 1 N–H and O–H groups in total. The molecule has 1 amide bonds. The third kappa shape index (κ3) is 4.19. The first kappa shape index (κ1) is 21.2. The summed E-state index contributed by atoms with van der Waals surface area (Å²) >= 11 is 16.7. The van der Waals surface area contributed by atoms with E-state index in [4.69, 9.17) is 23.2 Å². The van der Waals surface area contributed by atoms with Gasteiger partial charge in [0.25, 0.3) is 0 Å². The Kier molecular flexibility index (Phi) is 5.92. The molecule has 0 radical (unpaired) electrons. The van der Waals surface area contributed by atoms with Crippen LogP contribution in [-0.4, -0.2) is 26.1 Å². The zero-order chi connectivity index (χ0) is 21.5. The van der Waals surface area contributed by atoms with Gasteiger partial charge in [-0.25, -0.2) is 15.0 Å². The van der Waals surface area contributed by atoms with Gasteiger partial charge in [0, 0.05) is 21.2 Å². The van der Waals surface area contributed by atoms with Gasteiger partial charge in [-0.15, -0.1) is 22.7 Å². The van der Waals surface area contributed by atoms with Gasteiger partial charge < -0.3 is 5.32 Å². The summed E-state index contributed by atoms with van der Waals surface area (Å²) < 4.78 is 0. The first-order valence-electron chi connectivity index (χ1n) is 9.63. The van der Waals surface area contributed by atoms with Gasteiger partial charge in [-0.2, -0.15) is 0 Å². The van der Waals surface area contributed by atoms with Crippen molar-refractivity contribution in [2.24, 2.45) is 0 Å². The summed E-state index contributed by atoms with van der Waals surface area (Å²) in [6, 6.07) is 5.36. The molecule has 4 aromatic rings. The minimum atomic E-state index is -0.327. The van der Waals surface area contributed by atoms with E-state index in [1.54, 1.807) is 29.8 Å². The second-order valence-electron chi connectivity index (χ2n) is 7.13. The Hall–Kier alpha value is -1.71. The van der Waals surface area contributed by atoms with Crippen LogP contribution < -0.4 is 5.32 Å². The van der Waals surface area contributed by atoms with Crippen molar-refractivity contribution in [2.75, 3.05) is 5.32 Å². The molecule has 0 saturated heterocycles. The number of halogens is 2. The van der Waals surface area contributed by atoms with Crippen molar-refractivity contribution in [3.63, 3.8) is 0 Å². The number of hydrogen-bond donors (Lipinski definition) is 1. The monoisotopic (exact) mass is 506 g/mol. The van der Waals surface area contributed by atoms with Crippen molar-refractivity contribution in [3.8, 4) is 11.3 Å². The Morgan fingerprint density at radius 3 is 2.94 bits per heavy atom. The molecule has 0 fully saturated rings. The SMILES string of the molecule is C[C@H](Sc1ncnc2sc3c(c12)CCC3)C(=O)Nc1nc(-c2ccc(Cl)c(Cl)c2)cs1. The van der Waals surface area contributed by atoms with E-state index in [1.165, 1.54) is 40.0 Å².